The number of fused-ring (bicyclic) bond motifs is 1. The third-order valence-corrected chi connectivity index (χ3v) is 5.53. The van der Waals surface area contributed by atoms with E-state index < -0.39 is 0 Å². The standard InChI is InChI=1S/C21H30N6O2S/c1-5-24-13-10-15(28)16(29)11-17(13)30-20-26-18-14(6-7-25-19(18)22)27(20)9-8-23-12-21(2,3)4/h6-7,10-11,23-24,28-29H,5,8-9,12H2,1-4H3,(H2,22,25). The van der Waals surface area contributed by atoms with Crippen molar-refractivity contribution in [2.45, 2.75) is 44.3 Å². The molecular formula is C21H30N6O2S. The lowest BCUT2D eigenvalue weighted by Gasteiger charge is -2.19. The maximum atomic E-state index is 10.0. The SMILES string of the molecule is CCNc1cc(O)c(O)cc1Sc1nc2c(N)nccc2n1CCNCC(C)(C)C. The molecule has 0 saturated heterocycles. The molecule has 0 aliphatic rings. The lowest BCUT2D eigenvalue weighted by molar-refractivity contribution is 0.375. The van der Waals surface area contributed by atoms with E-state index >= 15 is 0 Å². The van der Waals surface area contributed by atoms with Gasteiger partial charge in [0.05, 0.1) is 11.2 Å². The van der Waals surface area contributed by atoms with Crippen molar-refractivity contribution in [3.8, 4) is 11.5 Å². The number of anilines is 2. The molecule has 1 aromatic carbocycles. The van der Waals surface area contributed by atoms with Crippen LogP contribution >= 0.6 is 11.8 Å². The summed E-state index contributed by atoms with van der Waals surface area (Å²) in [7, 11) is 0. The van der Waals surface area contributed by atoms with Crippen LogP contribution in [0.15, 0.2) is 34.4 Å². The van der Waals surface area contributed by atoms with Crippen LogP contribution in [-0.4, -0.2) is 44.4 Å². The molecule has 0 atom stereocenters. The Balaban J connectivity index is 1.95. The summed E-state index contributed by atoms with van der Waals surface area (Å²) in [4.78, 5) is 9.65. The first-order chi connectivity index (χ1) is 14.2. The number of nitrogens with zero attached hydrogens (tertiary/aromatic N) is 3. The fraction of sp³-hybridized carbons (Fsp3) is 0.429. The second-order valence-electron chi connectivity index (χ2n) is 8.32. The third kappa shape index (κ3) is 5.09. The number of pyridine rings is 1. The Morgan fingerprint density at radius 1 is 1.20 bits per heavy atom. The van der Waals surface area contributed by atoms with Gasteiger partial charge in [0.1, 0.15) is 5.52 Å². The van der Waals surface area contributed by atoms with Gasteiger partial charge in [-0.15, -0.1) is 0 Å². The van der Waals surface area contributed by atoms with Gasteiger partial charge in [0, 0.05) is 43.3 Å². The maximum Gasteiger partial charge on any atom is 0.174 e. The van der Waals surface area contributed by atoms with E-state index in [1.807, 2.05) is 13.0 Å². The smallest absolute Gasteiger partial charge is 0.174 e. The normalized spacial score (nSPS) is 11.9. The Kier molecular flexibility index (Phi) is 6.62. The van der Waals surface area contributed by atoms with Crippen LogP contribution in [0.5, 0.6) is 11.5 Å². The summed E-state index contributed by atoms with van der Waals surface area (Å²) < 4.78 is 2.10. The van der Waals surface area contributed by atoms with Crippen molar-refractivity contribution in [3.05, 3.63) is 24.4 Å². The van der Waals surface area contributed by atoms with Crippen molar-refractivity contribution in [1.29, 1.82) is 0 Å². The lowest BCUT2D eigenvalue weighted by Crippen LogP contribution is -2.29. The van der Waals surface area contributed by atoms with Crippen molar-refractivity contribution >= 4 is 34.3 Å². The fourth-order valence-corrected chi connectivity index (χ4v) is 4.11. The molecule has 3 aromatic rings. The van der Waals surface area contributed by atoms with E-state index in [2.05, 4.69) is 41.0 Å². The molecular weight excluding hydrogens is 400 g/mol. The molecule has 30 heavy (non-hydrogen) atoms. The molecule has 0 aliphatic heterocycles. The Morgan fingerprint density at radius 3 is 2.63 bits per heavy atom. The van der Waals surface area contributed by atoms with E-state index in [1.54, 1.807) is 12.3 Å². The van der Waals surface area contributed by atoms with Crippen LogP contribution in [0.1, 0.15) is 27.7 Å². The average molecular weight is 431 g/mol. The summed E-state index contributed by atoms with van der Waals surface area (Å²) in [5.74, 6) is 0.0506. The highest BCUT2D eigenvalue weighted by molar-refractivity contribution is 7.99. The van der Waals surface area contributed by atoms with Crippen molar-refractivity contribution < 1.29 is 10.2 Å². The Hall–Kier alpha value is -2.65. The number of hydrogen-bond acceptors (Lipinski definition) is 8. The number of phenols is 2. The first-order valence-electron chi connectivity index (χ1n) is 9.98. The monoisotopic (exact) mass is 430 g/mol. The molecule has 9 heteroatoms. The predicted octanol–water partition coefficient (Wildman–Crippen LogP) is 3.64. The van der Waals surface area contributed by atoms with Gasteiger partial charge in [-0.1, -0.05) is 20.8 Å². The molecule has 0 spiro atoms. The number of nitrogen functional groups attached to an aromatic ring is 1. The number of aromatic hydroxyl groups is 2. The Labute approximate surface area is 180 Å². The molecule has 8 nitrogen and oxygen atoms in total. The number of nitrogens with two attached hydrogens (primary N) is 1. The number of aromatic nitrogens is 3. The summed E-state index contributed by atoms with van der Waals surface area (Å²) in [6, 6.07) is 4.97. The highest BCUT2D eigenvalue weighted by Crippen LogP contribution is 2.41. The summed E-state index contributed by atoms with van der Waals surface area (Å²) in [6.45, 7) is 11.6. The fourth-order valence-electron chi connectivity index (χ4n) is 3.07. The van der Waals surface area contributed by atoms with Gasteiger partial charge < -0.3 is 31.1 Å². The second-order valence-corrected chi connectivity index (χ2v) is 9.33. The first-order valence-corrected chi connectivity index (χ1v) is 10.8. The van der Waals surface area contributed by atoms with E-state index in [4.69, 9.17) is 10.7 Å². The molecule has 0 saturated carbocycles. The molecule has 0 fully saturated rings. The van der Waals surface area contributed by atoms with Gasteiger partial charge in [0.15, 0.2) is 22.5 Å². The van der Waals surface area contributed by atoms with Crippen LogP contribution in [0, 0.1) is 5.41 Å². The topological polar surface area (TPSA) is 121 Å². The van der Waals surface area contributed by atoms with Crippen molar-refractivity contribution in [2.75, 3.05) is 30.7 Å². The number of phenolic OH excluding ortho intramolecular Hbond substituents is 2. The van der Waals surface area contributed by atoms with Gasteiger partial charge in [-0.3, -0.25) is 0 Å². The lowest BCUT2D eigenvalue weighted by atomic mass is 9.97. The number of rotatable bonds is 8. The van der Waals surface area contributed by atoms with E-state index in [9.17, 15) is 10.2 Å². The zero-order chi connectivity index (χ0) is 21.9. The largest absolute Gasteiger partial charge is 0.504 e. The molecule has 0 bridgehead atoms. The number of nitrogens with one attached hydrogen (secondary N) is 2. The van der Waals surface area contributed by atoms with Crippen LogP contribution in [0.4, 0.5) is 11.5 Å². The molecule has 162 valence electrons. The second kappa shape index (κ2) is 9.01. The van der Waals surface area contributed by atoms with Gasteiger partial charge in [0.25, 0.3) is 0 Å². The van der Waals surface area contributed by atoms with Crippen molar-refractivity contribution in [3.63, 3.8) is 0 Å². The molecule has 0 amide bonds. The highest BCUT2D eigenvalue weighted by Gasteiger charge is 2.18. The maximum absolute atomic E-state index is 10.0. The van der Waals surface area contributed by atoms with E-state index in [0.717, 1.165) is 34.3 Å². The van der Waals surface area contributed by atoms with Crippen LogP contribution in [-0.2, 0) is 6.54 Å². The van der Waals surface area contributed by atoms with Gasteiger partial charge in [-0.2, -0.15) is 0 Å². The predicted molar refractivity (Wildman–Crippen MR) is 122 cm³/mol. The minimum absolute atomic E-state index is 0.163. The van der Waals surface area contributed by atoms with Gasteiger partial charge in [0.2, 0.25) is 0 Å². The molecule has 2 aromatic heterocycles. The third-order valence-electron chi connectivity index (χ3n) is 4.47. The first kappa shape index (κ1) is 22.0. The summed E-state index contributed by atoms with van der Waals surface area (Å²) >= 11 is 1.41. The van der Waals surface area contributed by atoms with Gasteiger partial charge in [-0.05, 0) is 36.2 Å². The number of hydrogen-bond donors (Lipinski definition) is 5. The van der Waals surface area contributed by atoms with Crippen LogP contribution in [0.25, 0.3) is 11.0 Å². The van der Waals surface area contributed by atoms with Crippen LogP contribution in [0.2, 0.25) is 0 Å². The van der Waals surface area contributed by atoms with E-state index in [-0.39, 0.29) is 16.9 Å². The van der Waals surface area contributed by atoms with E-state index in [1.165, 1.54) is 17.8 Å². The zero-order valence-corrected chi connectivity index (χ0v) is 18.7. The number of benzene rings is 1. The zero-order valence-electron chi connectivity index (χ0n) is 17.9. The molecule has 2 heterocycles. The highest BCUT2D eigenvalue weighted by atomic mass is 32.2. The van der Waals surface area contributed by atoms with Crippen LogP contribution in [0.3, 0.4) is 0 Å². The average Bonchev–Trinajstić information content (AvgIpc) is 3.01. The molecule has 0 unspecified atom stereocenters. The van der Waals surface area contributed by atoms with Crippen molar-refractivity contribution in [1.82, 2.24) is 19.9 Å². The molecule has 3 rings (SSSR count). The molecule has 6 N–H and O–H groups in total. The summed E-state index contributed by atoms with van der Waals surface area (Å²) in [6.07, 6.45) is 1.68. The molecule has 0 radical (unpaired) electrons. The minimum Gasteiger partial charge on any atom is -0.504 e. The van der Waals surface area contributed by atoms with E-state index in [0.29, 0.717) is 24.4 Å². The molecule has 0 aliphatic carbocycles. The summed E-state index contributed by atoms with van der Waals surface area (Å²) in [5, 5.41) is 27.3. The number of imidazole rings is 1. The minimum atomic E-state index is -0.171. The van der Waals surface area contributed by atoms with Gasteiger partial charge in [-0.25, -0.2) is 9.97 Å². The summed E-state index contributed by atoms with van der Waals surface area (Å²) in [5.41, 5.74) is 8.57. The van der Waals surface area contributed by atoms with Gasteiger partial charge >= 0.3 is 0 Å². The van der Waals surface area contributed by atoms with Crippen molar-refractivity contribution in [2.24, 2.45) is 5.41 Å². The Morgan fingerprint density at radius 2 is 1.93 bits per heavy atom. The quantitative estimate of drug-likeness (QED) is 0.209. The Bertz CT molecular complexity index is 1030. The van der Waals surface area contributed by atoms with Crippen LogP contribution < -0.4 is 16.4 Å².